The Morgan fingerprint density at radius 2 is 2.17 bits per heavy atom. The first-order valence-electron chi connectivity index (χ1n) is 13.2. The minimum Gasteiger partial charge on any atom is -0.490 e. The molecule has 0 fully saturated rings. The van der Waals surface area contributed by atoms with Crippen LogP contribution >= 0.6 is 0 Å². The van der Waals surface area contributed by atoms with Crippen molar-refractivity contribution >= 4 is 33.9 Å². The van der Waals surface area contributed by atoms with E-state index in [1.165, 1.54) is 11.1 Å². The number of para-hydroxylation sites is 1. The lowest BCUT2D eigenvalue weighted by Gasteiger charge is -2.24. The Morgan fingerprint density at radius 3 is 2.97 bits per heavy atom. The number of aromatic nitrogens is 3. The van der Waals surface area contributed by atoms with Crippen molar-refractivity contribution in [2.75, 3.05) is 56.7 Å². The lowest BCUT2D eigenvalue weighted by atomic mass is 10.1. The highest BCUT2D eigenvalue weighted by molar-refractivity contribution is 5.99. The molecule has 0 bridgehead atoms. The van der Waals surface area contributed by atoms with Crippen LogP contribution in [0.2, 0.25) is 0 Å². The summed E-state index contributed by atoms with van der Waals surface area (Å²) in [5.74, 6) is 1.16. The first-order chi connectivity index (χ1) is 18.6. The van der Waals surface area contributed by atoms with Crippen molar-refractivity contribution in [2.45, 2.75) is 13.5 Å². The predicted octanol–water partition coefficient (Wildman–Crippen LogP) is 3.99. The van der Waals surface area contributed by atoms with Crippen LogP contribution in [0.4, 0.5) is 23.0 Å². The Balaban J connectivity index is 1.43. The Hall–Kier alpha value is -4.29. The van der Waals surface area contributed by atoms with Gasteiger partial charge in [-0.2, -0.15) is 5.26 Å². The molecule has 0 unspecified atom stereocenters. The number of hydrogen-bond donors (Lipinski definition) is 2. The zero-order chi connectivity index (χ0) is 27.9. The van der Waals surface area contributed by atoms with Crippen LogP contribution in [-0.2, 0) is 6.54 Å². The van der Waals surface area contributed by atoms with Gasteiger partial charge in [0, 0.05) is 47.1 Å². The standard InChI is InChI=1S/C27H30N8O/c1-17-12-23(34(4)9-8-33(2)3)21(29)13-22(17)31-27-30-15-18(14-28)25(32-27)20-16-35-10-11-36-24-7-5-6-19(20)26(24)35/h5-7,12-13,15-16H,8-11,29H2,1-4H3,(H,30,31,32)/i2D3. The van der Waals surface area contributed by atoms with Gasteiger partial charge >= 0.3 is 0 Å². The summed E-state index contributed by atoms with van der Waals surface area (Å²) in [6, 6.07) is 11.9. The van der Waals surface area contributed by atoms with Crippen molar-refractivity contribution in [1.82, 2.24) is 19.4 Å². The average Bonchev–Trinajstić information content (AvgIpc) is 3.28. The van der Waals surface area contributed by atoms with Crippen molar-refractivity contribution < 1.29 is 8.85 Å². The second-order valence-electron chi connectivity index (χ2n) is 9.00. The zero-order valence-electron chi connectivity index (χ0n) is 23.5. The first-order valence-corrected chi connectivity index (χ1v) is 11.7. The van der Waals surface area contributed by atoms with Crippen LogP contribution in [-0.4, -0.2) is 60.2 Å². The van der Waals surface area contributed by atoms with Crippen molar-refractivity contribution in [3.05, 3.63) is 53.9 Å². The fraction of sp³-hybridized carbons (Fsp3) is 0.296. The number of nitrogen functional groups attached to an aromatic ring is 1. The fourth-order valence-corrected chi connectivity index (χ4v) is 4.51. The van der Waals surface area contributed by atoms with E-state index in [0.29, 0.717) is 42.6 Å². The van der Waals surface area contributed by atoms with E-state index in [1.807, 2.05) is 55.4 Å². The van der Waals surface area contributed by atoms with Crippen LogP contribution in [0.15, 0.2) is 42.7 Å². The van der Waals surface area contributed by atoms with Crippen LogP contribution in [0.3, 0.4) is 0 Å². The predicted molar refractivity (Wildman–Crippen MR) is 144 cm³/mol. The van der Waals surface area contributed by atoms with Gasteiger partial charge < -0.3 is 30.2 Å². The number of nitriles is 1. The number of benzene rings is 2. The number of nitrogens with one attached hydrogen (secondary N) is 1. The van der Waals surface area contributed by atoms with Gasteiger partial charge in [-0.05, 0) is 44.7 Å². The van der Waals surface area contributed by atoms with E-state index < -0.39 is 6.98 Å². The van der Waals surface area contributed by atoms with E-state index >= 15 is 0 Å². The fourth-order valence-electron chi connectivity index (χ4n) is 4.51. The van der Waals surface area contributed by atoms with E-state index in [4.69, 9.17) is 19.6 Å². The Labute approximate surface area is 214 Å². The molecule has 1 aliphatic heterocycles. The van der Waals surface area contributed by atoms with Gasteiger partial charge in [0.25, 0.3) is 0 Å². The summed E-state index contributed by atoms with van der Waals surface area (Å²) in [5.41, 5.74) is 12.1. The third-order valence-electron chi connectivity index (χ3n) is 6.42. The van der Waals surface area contributed by atoms with E-state index in [0.717, 1.165) is 45.7 Å². The molecule has 0 spiro atoms. The molecule has 0 aliphatic carbocycles. The van der Waals surface area contributed by atoms with Crippen LogP contribution in [0.5, 0.6) is 5.75 Å². The van der Waals surface area contributed by atoms with Crippen LogP contribution in [0.25, 0.3) is 22.2 Å². The van der Waals surface area contributed by atoms with Crippen LogP contribution in [0.1, 0.15) is 15.2 Å². The van der Waals surface area contributed by atoms with Crippen LogP contribution < -0.4 is 20.7 Å². The lowest BCUT2D eigenvalue weighted by Crippen LogP contribution is -2.29. The molecule has 2 aromatic heterocycles. The maximum atomic E-state index is 9.81. The number of nitrogens with zero attached hydrogens (tertiary/aromatic N) is 6. The summed E-state index contributed by atoms with van der Waals surface area (Å²) < 4.78 is 30.5. The number of likely N-dealkylation sites (N-methyl/N-ethyl adjacent to an activating group) is 2. The van der Waals surface area contributed by atoms with Gasteiger partial charge in [0.05, 0.1) is 40.9 Å². The lowest BCUT2D eigenvalue weighted by molar-refractivity contribution is 0.287. The maximum Gasteiger partial charge on any atom is 0.227 e. The largest absolute Gasteiger partial charge is 0.490 e. The van der Waals surface area contributed by atoms with Gasteiger partial charge in [-0.1, -0.05) is 12.1 Å². The molecule has 3 N–H and O–H groups in total. The number of anilines is 4. The molecule has 4 aromatic rings. The molecule has 9 heteroatoms. The molecule has 0 saturated carbocycles. The average molecular weight is 486 g/mol. The molecule has 3 heterocycles. The summed E-state index contributed by atoms with van der Waals surface area (Å²) in [6.45, 7) is 1.96. The number of nitrogens with two attached hydrogens (primary N) is 1. The van der Waals surface area contributed by atoms with Gasteiger partial charge in [-0.15, -0.1) is 0 Å². The molecular weight excluding hydrogens is 452 g/mol. The van der Waals surface area contributed by atoms with Crippen molar-refractivity contribution in [1.29, 1.82) is 5.26 Å². The topological polar surface area (TPSA) is 108 Å². The van der Waals surface area contributed by atoms with Crippen LogP contribution in [0, 0.1) is 18.3 Å². The van der Waals surface area contributed by atoms with E-state index in [9.17, 15) is 5.26 Å². The maximum absolute atomic E-state index is 9.81. The van der Waals surface area contributed by atoms with Crippen molar-refractivity contribution in [3.63, 3.8) is 0 Å². The molecule has 36 heavy (non-hydrogen) atoms. The third kappa shape index (κ3) is 4.27. The minimum atomic E-state index is -2.14. The molecule has 2 aromatic carbocycles. The Kier molecular flexibility index (Phi) is 5.21. The normalized spacial score (nSPS) is 14.0. The van der Waals surface area contributed by atoms with E-state index in [2.05, 4.69) is 20.9 Å². The molecule has 0 radical (unpaired) electrons. The monoisotopic (exact) mass is 485 g/mol. The summed E-state index contributed by atoms with van der Waals surface area (Å²) in [6.07, 6.45) is 3.54. The number of ether oxygens (including phenoxy) is 1. The Bertz CT molecular complexity index is 1590. The molecule has 1 aliphatic rings. The highest BCUT2D eigenvalue weighted by Gasteiger charge is 2.21. The summed E-state index contributed by atoms with van der Waals surface area (Å²) in [7, 11) is 3.46. The summed E-state index contributed by atoms with van der Waals surface area (Å²) >= 11 is 0. The van der Waals surface area contributed by atoms with Gasteiger partial charge in [0.15, 0.2) is 0 Å². The minimum absolute atomic E-state index is 0.343. The number of aryl methyl sites for hydroxylation is 1. The van der Waals surface area contributed by atoms with Gasteiger partial charge in [0.2, 0.25) is 5.95 Å². The van der Waals surface area contributed by atoms with E-state index in [-0.39, 0.29) is 0 Å². The zero-order valence-corrected chi connectivity index (χ0v) is 20.5. The quantitative estimate of drug-likeness (QED) is 0.378. The Morgan fingerprint density at radius 1 is 1.31 bits per heavy atom. The highest BCUT2D eigenvalue weighted by Crippen LogP contribution is 2.38. The second-order valence-corrected chi connectivity index (χ2v) is 9.00. The number of rotatable bonds is 7. The van der Waals surface area contributed by atoms with Gasteiger partial charge in [0.1, 0.15) is 18.4 Å². The van der Waals surface area contributed by atoms with Gasteiger partial charge in [-0.25, -0.2) is 9.97 Å². The molecule has 5 rings (SSSR count). The van der Waals surface area contributed by atoms with Gasteiger partial charge in [-0.3, -0.25) is 0 Å². The van der Waals surface area contributed by atoms with E-state index in [1.54, 1.807) is 7.05 Å². The molecule has 184 valence electrons. The molecule has 0 atom stereocenters. The molecule has 0 saturated heterocycles. The SMILES string of the molecule is [2H]C([2H])([2H])N(C)CCN(C)c1cc(C)c(Nc2ncc(C#N)c(-c3cn4c5c(cccc35)OCC4)n2)cc1N. The summed E-state index contributed by atoms with van der Waals surface area (Å²) in [5, 5.41) is 14.0. The summed E-state index contributed by atoms with van der Waals surface area (Å²) in [4.78, 5) is 12.4. The number of hydrogen-bond acceptors (Lipinski definition) is 8. The smallest absolute Gasteiger partial charge is 0.227 e. The van der Waals surface area contributed by atoms with Crippen molar-refractivity contribution in [2.24, 2.45) is 0 Å². The highest BCUT2D eigenvalue weighted by atomic mass is 16.5. The van der Waals surface area contributed by atoms with Crippen molar-refractivity contribution in [3.8, 4) is 23.1 Å². The third-order valence-corrected chi connectivity index (χ3v) is 6.42. The molecular formula is C27H30N8O. The second kappa shape index (κ2) is 9.40. The molecule has 9 nitrogen and oxygen atoms in total. The molecule has 0 amide bonds. The first kappa shape index (κ1) is 20.0.